The average molecular weight is 212 g/mol. The third-order valence-corrected chi connectivity index (χ3v) is 3.29. The van der Waals surface area contributed by atoms with Gasteiger partial charge in [-0.15, -0.1) is 0 Å². The molecule has 0 bridgehead atoms. The Morgan fingerprint density at radius 2 is 2.00 bits per heavy atom. The van der Waals surface area contributed by atoms with Crippen molar-refractivity contribution in [3.63, 3.8) is 0 Å². The Labute approximate surface area is 92.8 Å². The zero-order chi connectivity index (χ0) is 11.3. The predicted molar refractivity (Wildman–Crippen MR) is 62.4 cm³/mol. The molecule has 3 heteroatoms. The molecule has 1 amide bonds. The lowest BCUT2D eigenvalue weighted by Gasteiger charge is -2.27. The van der Waals surface area contributed by atoms with E-state index in [9.17, 15) is 4.79 Å². The first-order chi connectivity index (χ1) is 7.13. The molecule has 0 radical (unpaired) electrons. The third-order valence-electron chi connectivity index (χ3n) is 3.29. The molecule has 1 aliphatic carbocycles. The lowest BCUT2D eigenvalue weighted by atomic mass is 9.91. The van der Waals surface area contributed by atoms with E-state index in [0.717, 1.165) is 38.5 Å². The minimum atomic E-state index is 0.158. The summed E-state index contributed by atoms with van der Waals surface area (Å²) in [4.78, 5) is 11.7. The maximum Gasteiger partial charge on any atom is 0.223 e. The van der Waals surface area contributed by atoms with E-state index < -0.39 is 0 Å². The lowest BCUT2D eigenvalue weighted by molar-refractivity contribution is -0.125. The number of rotatable bonds is 4. The van der Waals surface area contributed by atoms with Gasteiger partial charge in [-0.25, -0.2) is 0 Å². The quantitative estimate of drug-likeness (QED) is 0.746. The first-order valence-corrected chi connectivity index (χ1v) is 6.19. The van der Waals surface area contributed by atoms with Crippen LogP contribution in [0.4, 0.5) is 0 Å². The van der Waals surface area contributed by atoms with Gasteiger partial charge in [0.1, 0.15) is 0 Å². The molecule has 3 N–H and O–H groups in total. The standard InChI is InChI=1S/C12H24N2O/c1-3-4-9(2)12(15)14-11-7-5-10(13)6-8-11/h9-11H,3-8,13H2,1-2H3,(H,14,15). The summed E-state index contributed by atoms with van der Waals surface area (Å²) in [6, 6.07) is 0.725. The van der Waals surface area contributed by atoms with Crippen LogP contribution in [-0.2, 0) is 4.79 Å². The van der Waals surface area contributed by atoms with Gasteiger partial charge in [0.25, 0.3) is 0 Å². The Bertz CT molecular complexity index is 198. The van der Waals surface area contributed by atoms with E-state index >= 15 is 0 Å². The highest BCUT2D eigenvalue weighted by atomic mass is 16.1. The molecule has 0 aliphatic heterocycles. The second-order valence-corrected chi connectivity index (χ2v) is 4.81. The highest BCUT2D eigenvalue weighted by molar-refractivity contribution is 5.78. The minimum absolute atomic E-state index is 0.158. The molecular weight excluding hydrogens is 188 g/mol. The Morgan fingerprint density at radius 1 is 1.40 bits per heavy atom. The lowest BCUT2D eigenvalue weighted by Crippen LogP contribution is -2.42. The average Bonchev–Trinajstić information content (AvgIpc) is 2.22. The largest absolute Gasteiger partial charge is 0.353 e. The molecule has 0 saturated heterocycles. The van der Waals surface area contributed by atoms with E-state index in [1.807, 2.05) is 6.92 Å². The van der Waals surface area contributed by atoms with E-state index in [4.69, 9.17) is 5.73 Å². The molecule has 1 aliphatic rings. The zero-order valence-corrected chi connectivity index (χ0v) is 9.96. The number of nitrogens with two attached hydrogens (primary N) is 1. The molecule has 15 heavy (non-hydrogen) atoms. The van der Waals surface area contributed by atoms with E-state index in [2.05, 4.69) is 12.2 Å². The summed E-state index contributed by atoms with van der Waals surface area (Å²) in [5.74, 6) is 0.378. The maximum atomic E-state index is 11.7. The van der Waals surface area contributed by atoms with Crippen LogP contribution >= 0.6 is 0 Å². The fourth-order valence-corrected chi connectivity index (χ4v) is 2.17. The van der Waals surface area contributed by atoms with Gasteiger partial charge in [-0.2, -0.15) is 0 Å². The molecule has 0 aromatic heterocycles. The number of nitrogens with one attached hydrogen (secondary N) is 1. The molecule has 0 aromatic rings. The van der Waals surface area contributed by atoms with Crippen molar-refractivity contribution in [3.05, 3.63) is 0 Å². The Kier molecular flexibility index (Phi) is 5.09. The van der Waals surface area contributed by atoms with Crippen molar-refractivity contribution in [2.45, 2.75) is 64.5 Å². The molecule has 1 rings (SSSR count). The summed E-state index contributed by atoms with van der Waals surface area (Å²) in [6.45, 7) is 4.12. The van der Waals surface area contributed by atoms with Crippen molar-refractivity contribution >= 4 is 5.91 Å². The molecule has 1 unspecified atom stereocenters. The summed E-state index contributed by atoms with van der Waals surface area (Å²) in [5.41, 5.74) is 5.82. The van der Waals surface area contributed by atoms with Gasteiger partial charge in [-0.3, -0.25) is 4.79 Å². The second kappa shape index (κ2) is 6.11. The summed E-state index contributed by atoms with van der Waals surface area (Å²) < 4.78 is 0. The number of carbonyl (C=O) groups is 1. The van der Waals surface area contributed by atoms with Crippen molar-refractivity contribution in [1.82, 2.24) is 5.32 Å². The Balaban J connectivity index is 2.25. The predicted octanol–water partition coefficient (Wildman–Crippen LogP) is 1.81. The topological polar surface area (TPSA) is 55.1 Å². The molecule has 1 atom stereocenters. The molecule has 0 heterocycles. The van der Waals surface area contributed by atoms with Gasteiger partial charge in [-0.05, 0) is 32.1 Å². The van der Waals surface area contributed by atoms with Crippen molar-refractivity contribution in [3.8, 4) is 0 Å². The van der Waals surface area contributed by atoms with E-state index in [1.54, 1.807) is 0 Å². The van der Waals surface area contributed by atoms with Gasteiger partial charge in [0.2, 0.25) is 5.91 Å². The van der Waals surface area contributed by atoms with Crippen molar-refractivity contribution in [2.75, 3.05) is 0 Å². The van der Waals surface area contributed by atoms with Crippen LogP contribution in [0.5, 0.6) is 0 Å². The van der Waals surface area contributed by atoms with Gasteiger partial charge in [0.15, 0.2) is 0 Å². The SMILES string of the molecule is CCCC(C)C(=O)NC1CCC(N)CC1. The van der Waals surface area contributed by atoms with Gasteiger partial charge in [-0.1, -0.05) is 20.3 Å². The Morgan fingerprint density at radius 3 is 2.53 bits per heavy atom. The monoisotopic (exact) mass is 212 g/mol. The normalized spacial score (nSPS) is 28.5. The summed E-state index contributed by atoms with van der Waals surface area (Å²) >= 11 is 0. The summed E-state index contributed by atoms with van der Waals surface area (Å²) in [5, 5.41) is 3.13. The molecule has 3 nitrogen and oxygen atoms in total. The number of hydrogen-bond donors (Lipinski definition) is 2. The molecule has 1 saturated carbocycles. The number of hydrogen-bond acceptors (Lipinski definition) is 2. The zero-order valence-electron chi connectivity index (χ0n) is 9.96. The van der Waals surface area contributed by atoms with Crippen LogP contribution in [0.2, 0.25) is 0 Å². The third kappa shape index (κ3) is 4.20. The van der Waals surface area contributed by atoms with Gasteiger partial charge in [0, 0.05) is 18.0 Å². The number of carbonyl (C=O) groups excluding carboxylic acids is 1. The van der Waals surface area contributed by atoms with E-state index in [0.29, 0.717) is 12.1 Å². The van der Waals surface area contributed by atoms with Crippen LogP contribution in [0, 0.1) is 5.92 Å². The first-order valence-electron chi connectivity index (χ1n) is 6.19. The van der Waals surface area contributed by atoms with Crippen LogP contribution in [0.1, 0.15) is 52.4 Å². The van der Waals surface area contributed by atoms with Gasteiger partial charge >= 0.3 is 0 Å². The molecular formula is C12H24N2O. The summed E-state index contributed by atoms with van der Waals surface area (Å²) in [6.07, 6.45) is 6.25. The van der Waals surface area contributed by atoms with Crippen LogP contribution < -0.4 is 11.1 Å². The second-order valence-electron chi connectivity index (χ2n) is 4.81. The summed E-state index contributed by atoms with van der Waals surface area (Å²) in [7, 11) is 0. The Hall–Kier alpha value is -0.570. The van der Waals surface area contributed by atoms with E-state index in [-0.39, 0.29) is 11.8 Å². The van der Waals surface area contributed by atoms with Crippen LogP contribution in [0.15, 0.2) is 0 Å². The van der Waals surface area contributed by atoms with Crippen LogP contribution in [0.3, 0.4) is 0 Å². The highest BCUT2D eigenvalue weighted by Gasteiger charge is 2.21. The molecule has 0 aromatic carbocycles. The molecule has 1 fully saturated rings. The highest BCUT2D eigenvalue weighted by Crippen LogP contribution is 2.17. The molecule has 88 valence electrons. The van der Waals surface area contributed by atoms with Crippen molar-refractivity contribution < 1.29 is 4.79 Å². The van der Waals surface area contributed by atoms with Gasteiger partial charge in [0.05, 0.1) is 0 Å². The minimum Gasteiger partial charge on any atom is -0.353 e. The van der Waals surface area contributed by atoms with Crippen molar-refractivity contribution in [1.29, 1.82) is 0 Å². The maximum absolute atomic E-state index is 11.7. The van der Waals surface area contributed by atoms with Crippen LogP contribution in [0.25, 0.3) is 0 Å². The van der Waals surface area contributed by atoms with Gasteiger partial charge < -0.3 is 11.1 Å². The van der Waals surface area contributed by atoms with Crippen LogP contribution in [-0.4, -0.2) is 18.0 Å². The fourth-order valence-electron chi connectivity index (χ4n) is 2.17. The molecule has 0 spiro atoms. The van der Waals surface area contributed by atoms with Crippen molar-refractivity contribution in [2.24, 2.45) is 11.7 Å². The first kappa shape index (κ1) is 12.5. The number of amides is 1. The van der Waals surface area contributed by atoms with E-state index in [1.165, 1.54) is 0 Å². The smallest absolute Gasteiger partial charge is 0.223 e. The fraction of sp³-hybridized carbons (Fsp3) is 0.917.